The van der Waals surface area contributed by atoms with Crippen LogP contribution in [-0.4, -0.2) is 42.7 Å². The summed E-state index contributed by atoms with van der Waals surface area (Å²) in [6, 6.07) is 11.9. The minimum atomic E-state index is 0.308. The van der Waals surface area contributed by atoms with Crippen LogP contribution in [0.15, 0.2) is 30.3 Å². The Morgan fingerprint density at radius 2 is 1.83 bits per heavy atom. The molecule has 2 aliphatic rings. The molecule has 0 saturated carbocycles. The van der Waals surface area contributed by atoms with Gasteiger partial charge in [-0.25, -0.2) is 5.43 Å². The van der Waals surface area contributed by atoms with Gasteiger partial charge in [-0.15, -0.1) is 0 Å². The van der Waals surface area contributed by atoms with Gasteiger partial charge in [-0.2, -0.15) is 0 Å². The molecule has 2 atom stereocenters. The lowest BCUT2D eigenvalue weighted by atomic mass is 9.93. The maximum absolute atomic E-state index is 3.83. The monoisotopic (exact) mass is 316 g/mol. The Balaban J connectivity index is 1.47. The van der Waals surface area contributed by atoms with E-state index in [2.05, 4.69) is 72.2 Å². The third-order valence-electron chi connectivity index (χ3n) is 5.36. The van der Waals surface area contributed by atoms with E-state index < -0.39 is 0 Å². The van der Waals surface area contributed by atoms with Gasteiger partial charge < -0.3 is 5.32 Å². The number of hydrogen-bond donors (Lipinski definition) is 3. The fourth-order valence-electron chi connectivity index (χ4n) is 3.81. The predicted octanol–water partition coefficient (Wildman–Crippen LogP) is 2.30. The molecule has 0 aromatic heterocycles. The molecular formula is C19H32N4. The van der Waals surface area contributed by atoms with Gasteiger partial charge >= 0.3 is 0 Å². The molecule has 2 saturated heterocycles. The van der Waals surface area contributed by atoms with Crippen LogP contribution in [0.1, 0.15) is 45.2 Å². The highest BCUT2D eigenvalue weighted by Gasteiger charge is 2.30. The van der Waals surface area contributed by atoms with Crippen molar-refractivity contribution in [1.82, 2.24) is 21.1 Å². The Labute approximate surface area is 141 Å². The number of rotatable bonds is 4. The number of nitrogens with one attached hydrogen (secondary N) is 3. The molecule has 2 fully saturated rings. The van der Waals surface area contributed by atoms with E-state index in [1.807, 2.05) is 0 Å². The Kier molecular flexibility index (Phi) is 5.37. The van der Waals surface area contributed by atoms with Gasteiger partial charge in [0, 0.05) is 43.7 Å². The van der Waals surface area contributed by atoms with E-state index in [9.17, 15) is 0 Å². The first kappa shape index (κ1) is 16.9. The van der Waals surface area contributed by atoms with Crippen molar-refractivity contribution in [2.75, 3.05) is 26.2 Å². The summed E-state index contributed by atoms with van der Waals surface area (Å²) in [5.74, 6) is 0.609. The van der Waals surface area contributed by atoms with Gasteiger partial charge in [-0.3, -0.25) is 10.3 Å². The lowest BCUT2D eigenvalue weighted by Crippen LogP contribution is -2.50. The first-order chi connectivity index (χ1) is 11.0. The highest BCUT2D eigenvalue weighted by atomic mass is 15.4. The molecule has 2 heterocycles. The zero-order valence-electron chi connectivity index (χ0n) is 14.8. The van der Waals surface area contributed by atoms with E-state index in [0.29, 0.717) is 23.5 Å². The third-order valence-corrected chi connectivity index (χ3v) is 5.36. The quantitative estimate of drug-likeness (QED) is 0.797. The molecule has 3 N–H and O–H groups in total. The van der Waals surface area contributed by atoms with E-state index >= 15 is 0 Å². The average Bonchev–Trinajstić information content (AvgIpc) is 3.02. The first-order valence-electron chi connectivity index (χ1n) is 9.06. The number of nitrogens with zero attached hydrogens (tertiary/aromatic N) is 1. The van der Waals surface area contributed by atoms with Crippen LogP contribution < -0.4 is 16.2 Å². The summed E-state index contributed by atoms with van der Waals surface area (Å²) in [7, 11) is 0. The fraction of sp³-hybridized carbons (Fsp3) is 0.684. The molecule has 0 spiro atoms. The van der Waals surface area contributed by atoms with Crippen molar-refractivity contribution >= 4 is 0 Å². The standard InChI is InChI=1S/C19H32N4/c1-19(2,3)23-11-9-17(10-12-23)20-13-16-14-21-22-18(16)15-7-5-4-6-8-15/h4-8,16-18,20-22H,9-14H2,1-3H3. The van der Waals surface area contributed by atoms with Crippen molar-refractivity contribution in [2.45, 2.75) is 51.2 Å². The third kappa shape index (κ3) is 4.32. The molecule has 0 radical (unpaired) electrons. The largest absolute Gasteiger partial charge is 0.313 e. The summed E-state index contributed by atoms with van der Waals surface area (Å²) < 4.78 is 0. The number of benzene rings is 1. The van der Waals surface area contributed by atoms with Crippen LogP contribution in [0.25, 0.3) is 0 Å². The molecule has 1 aromatic carbocycles. The summed E-state index contributed by atoms with van der Waals surface area (Å²) in [6.07, 6.45) is 2.53. The highest BCUT2D eigenvalue weighted by molar-refractivity contribution is 5.20. The number of hydrogen-bond acceptors (Lipinski definition) is 4. The van der Waals surface area contributed by atoms with Crippen molar-refractivity contribution in [3.8, 4) is 0 Å². The number of piperidine rings is 1. The van der Waals surface area contributed by atoms with E-state index in [4.69, 9.17) is 0 Å². The van der Waals surface area contributed by atoms with Gasteiger partial charge in [0.25, 0.3) is 0 Å². The average molecular weight is 316 g/mol. The van der Waals surface area contributed by atoms with Crippen LogP contribution in [0, 0.1) is 5.92 Å². The molecule has 0 amide bonds. The van der Waals surface area contributed by atoms with E-state index in [0.717, 1.165) is 13.1 Å². The van der Waals surface area contributed by atoms with Gasteiger partial charge in [0.15, 0.2) is 0 Å². The Morgan fingerprint density at radius 3 is 2.48 bits per heavy atom. The van der Waals surface area contributed by atoms with Crippen LogP contribution in [0.5, 0.6) is 0 Å². The Morgan fingerprint density at radius 1 is 1.13 bits per heavy atom. The second-order valence-electron chi connectivity index (χ2n) is 8.01. The van der Waals surface area contributed by atoms with Crippen LogP contribution in [0.4, 0.5) is 0 Å². The molecule has 0 bridgehead atoms. The summed E-state index contributed by atoms with van der Waals surface area (Å²) in [5, 5.41) is 3.83. The maximum atomic E-state index is 3.83. The van der Waals surface area contributed by atoms with Gasteiger partial charge in [-0.1, -0.05) is 30.3 Å². The number of likely N-dealkylation sites (tertiary alicyclic amines) is 1. The van der Waals surface area contributed by atoms with Crippen LogP contribution in [0.2, 0.25) is 0 Å². The second-order valence-corrected chi connectivity index (χ2v) is 8.01. The van der Waals surface area contributed by atoms with Crippen LogP contribution in [-0.2, 0) is 0 Å². The lowest BCUT2D eigenvalue weighted by molar-refractivity contribution is 0.0954. The maximum Gasteiger partial charge on any atom is 0.0515 e. The zero-order valence-corrected chi connectivity index (χ0v) is 14.8. The Hall–Kier alpha value is -0.940. The predicted molar refractivity (Wildman–Crippen MR) is 96.2 cm³/mol. The van der Waals surface area contributed by atoms with E-state index in [1.54, 1.807) is 0 Å². The topological polar surface area (TPSA) is 39.3 Å². The molecule has 0 aliphatic carbocycles. The van der Waals surface area contributed by atoms with Crippen LogP contribution in [0.3, 0.4) is 0 Å². The zero-order chi connectivity index (χ0) is 16.3. The normalized spacial score (nSPS) is 27.4. The van der Waals surface area contributed by atoms with Crippen LogP contribution >= 0.6 is 0 Å². The number of hydrazine groups is 1. The van der Waals surface area contributed by atoms with Crippen molar-refractivity contribution in [3.63, 3.8) is 0 Å². The summed E-state index contributed by atoms with van der Waals surface area (Å²) >= 11 is 0. The molecule has 3 rings (SSSR count). The van der Waals surface area contributed by atoms with Gasteiger partial charge in [-0.05, 0) is 39.2 Å². The SMILES string of the molecule is CC(C)(C)N1CCC(NCC2CNNC2c2ccccc2)CC1. The van der Waals surface area contributed by atoms with Crippen molar-refractivity contribution in [3.05, 3.63) is 35.9 Å². The lowest BCUT2D eigenvalue weighted by Gasteiger charge is -2.41. The highest BCUT2D eigenvalue weighted by Crippen LogP contribution is 2.25. The van der Waals surface area contributed by atoms with E-state index in [1.165, 1.54) is 31.5 Å². The fourth-order valence-corrected chi connectivity index (χ4v) is 3.81. The molecule has 4 heteroatoms. The molecule has 128 valence electrons. The molecule has 1 aromatic rings. The van der Waals surface area contributed by atoms with Gasteiger partial charge in [0.1, 0.15) is 0 Å². The van der Waals surface area contributed by atoms with Gasteiger partial charge in [0.05, 0.1) is 6.04 Å². The molecule has 4 nitrogen and oxygen atoms in total. The van der Waals surface area contributed by atoms with Crippen molar-refractivity contribution in [1.29, 1.82) is 0 Å². The van der Waals surface area contributed by atoms with Gasteiger partial charge in [0.2, 0.25) is 0 Å². The van der Waals surface area contributed by atoms with Crippen molar-refractivity contribution < 1.29 is 0 Å². The smallest absolute Gasteiger partial charge is 0.0515 e. The molecule has 2 unspecified atom stereocenters. The molecular weight excluding hydrogens is 284 g/mol. The minimum Gasteiger partial charge on any atom is -0.313 e. The second kappa shape index (κ2) is 7.31. The summed E-state index contributed by atoms with van der Waals surface area (Å²) in [5.41, 5.74) is 8.47. The summed E-state index contributed by atoms with van der Waals surface area (Å²) in [4.78, 5) is 2.61. The minimum absolute atomic E-state index is 0.308. The molecule has 23 heavy (non-hydrogen) atoms. The summed E-state index contributed by atoms with van der Waals surface area (Å²) in [6.45, 7) is 11.5. The Bertz CT molecular complexity index is 474. The molecule has 2 aliphatic heterocycles. The first-order valence-corrected chi connectivity index (χ1v) is 9.06. The van der Waals surface area contributed by atoms with Crippen molar-refractivity contribution in [2.24, 2.45) is 5.92 Å². The van der Waals surface area contributed by atoms with E-state index in [-0.39, 0.29) is 0 Å².